The molecular formula is C19H24N2O4. The standard InChI is InChI=1S/C19H24N2O4/c1-13-12-21(10-8-16(13)18(22)24-2)19(23)20-9-7-15-11-14-5-3-4-6-17(14)25-15/h3-6,11,13,16H,7-10,12H2,1-2H3,(H,20,23)/t13-,16-/m0/s1. The van der Waals surface area contributed by atoms with Gasteiger partial charge in [0.25, 0.3) is 0 Å². The molecule has 0 bridgehead atoms. The van der Waals surface area contributed by atoms with E-state index in [-0.39, 0.29) is 23.8 Å². The topological polar surface area (TPSA) is 71.8 Å². The minimum Gasteiger partial charge on any atom is -0.469 e. The molecule has 6 heteroatoms. The smallest absolute Gasteiger partial charge is 0.317 e. The average Bonchev–Trinajstić information content (AvgIpc) is 3.03. The van der Waals surface area contributed by atoms with Crippen molar-refractivity contribution in [2.45, 2.75) is 19.8 Å². The summed E-state index contributed by atoms with van der Waals surface area (Å²) in [6, 6.07) is 9.77. The van der Waals surface area contributed by atoms with E-state index < -0.39 is 0 Å². The van der Waals surface area contributed by atoms with E-state index in [4.69, 9.17) is 9.15 Å². The summed E-state index contributed by atoms with van der Waals surface area (Å²) in [5.74, 6) is 0.656. The second-order valence-corrected chi connectivity index (χ2v) is 6.57. The van der Waals surface area contributed by atoms with Crippen molar-refractivity contribution in [3.8, 4) is 0 Å². The van der Waals surface area contributed by atoms with Crippen molar-refractivity contribution < 1.29 is 18.7 Å². The fourth-order valence-electron chi connectivity index (χ4n) is 3.40. The minimum absolute atomic E-state index is 0.0914. The summed E-state index contributed by atoms with van der Waals surface area (Å²) in [5.41, 5.74) is 0.863. The Morgan fingerprint density at radius 1 is 1.36 bits per heavy atom. The second-order valence-electron chi connectivity index (χ2n) is 6.57. The highest BCUT2D eigenvalue weighted by Crippen LogP contribution is 2.24. The van der Waals surface area contributed by atoms with Crippen molar-refractivity contribution in [2.24, 2.45) is 11.8 Å². The quantitative estimate of drug-likeness (QED) is 0.866. The summed E-state index contributed by atoms with van der Waals surface area (Å²) < 4.78 is 10.6. The number of fused-ring (bicyclic) bond motifs is 1. The van der Waals surface area contributed by atoms with Crippen molar-refractivity contribution in [3.63, 3.8) is 0 Å². The van der Waals surface area contributed by atoms with E-state index in [2.05, 4.69) is 5.32 Å². The number of likely N-dealkylation sites (tertiary alicyclic amines) is 1. The number of ether oxygens (including phenoxy) is 1. The molecule has 2 aromatic rings. The molecule has 1 aromatic carbocycles. The summed E-state index contributed by atoms with van der Waals surface area (Å²) in [6.45, 7) is 3.64. The Labute approximate surface area is 147 Å². The minimum atomic E-state index is -0.183. The molecule has 1 fully saturated rings. The molecule has 1 aromatic heterocycles. The van der Waals surface area contributed by atoms with E-state index in [1.807, 2.05) is 37.3 Å². The van der Waals surface area contributed by atoms with Crippen LogP contribution in [0.1, 0.15) is 19.1 Å². The highest BCUT2D eigenvalue weighted by molar-refractivity contribution is 5.78. The van der Waals surface area contributed by atoms with Crippen LogP contribution in [0.3, 0.4) is 0 Å². The van der Waals surface area contributed by atoms with Gasteiger partial charge in [0.2, 0.25) is 0 Å². The number of benzene rings is 1. The third-order valence-electron chi connectivity index (χ3n) is 4.82. The molecule has 134 valence electrons. The van der Waals surface area contributed by atoms with Crippen LogP contribution >= 0.6 is 0 Å². The van der Waals surface area contributed by atoms with Gasteiger partial charge in [-0.15, -0.1) is 0 Å². The van der Waals surface area contributed by atoms with Crippen LogP contribution in [0.15, 0.2) is 34.7 Å². The van der Waals surface area contributed by atoms with Gasteiger partial charge in [-0.1, -0.05) is 25.1 Å². The number of piperidine rings is 1. The van der Waals surface area contributed by atoms with Gasteiger partial charge >= 0.3 is 12.0 Å². The lowest BCUT2D eigenvalue weighted by molar-refractivity contribution is -0.148. The summed E-state index contributed by atoms with van der Waals surface area (Å²) >= 11 is 0. The van der Waals surface area contributed by atoms with Crippen LogP contribution in [0.4, 0.5) is 4.79 Å². The van der Waals surface area contributed by atoms with E-state index in [0.717, 1.165) is 16.7 Å². The Balaban J connectivity index is 1.47. The highest BCUT2D eigenvalue weighted by atomic mass is 16.5. The molecule has 3 rings (SSSR count). The lowest BCUT2D eigenvalue weighted by Gasteiger charge is -2.35. The Morgan fingerprint density at radius 2 is 2.16 bits per heavy atom. The molecule has 25 heavy (non-hydrogen) atoms. The molecule has 2 atom stereocenters. The van der Waals surface area contributed by atoms with E-state index in [1.165, 1.54) is 7.11 Å². The number of urea groups is 1. The number of para-hydroxylation sites is 1. The Hall–Kier alpha value is -2.50. The SMILES string of the molecule is COC(=O)[C@H]1CCN(C(=O)NCCc2cc3ccccc3o2)C[C@@H]1C. The zero-order valence-electron chi connectivity index (χ0n) is 14.7. The number of carbonyl (C=O) groups excluding carboxylic acids is 2. The van der Waals surface area contributed by atoms with Crippen LogP contribution in [0.25, 0.3) is 11.0 Å². The molecule has 1 aliphatic heterocycles. The van der Waals surface area contributed by atoms with E-state index >= 15 is 0 Å². The maximum atomic E-state index is 12.3. The third kappa shape index (κ3) is 3.95. The molecule has 1 saturated heterocycles. The lowest BCUT2D eigenvalue weighted by atomic mass is 9.87. The Bertz CT molecular complexity index is 722. The lowest BCUT2D eigenvalue weighted by Crippen LogP contribution is -2.49. The predicted octanol–water partition coefficient (Wildman–Crippen LogP) is 2.82. The predicted molar refractivity (Wildman–Crippen MR) is 94.2 cm³/mol. The second kappa shape index (κ2) is 7.59. The number of hydrogen-bond acceptors (Lipinski definition) is 4. The van der Waals surface area contributed by atoms with Crippen LogP contribution < -0.4 is 5.32 Å². The van der Waals surface area contributed by atoms with Gasteiger partial charge in [0, 0.05) is 31.4 Å². The monoisotopic (exact) mass is 344 g/mol. The largest absolute Gasteiger partial charge is 0.469 e. The molecule has 6 nitrogen and oxygen atoms in total. The zero-order valence-corrected chi connectivity index (χ0v) is 14.7. The van der Waals surface area contributed by atoms with Gasteiger partial charge in [0.15, 0.2) is 0 Å². The van der Waals surface area contributed by atoms with Crippen LogP contribution in [0.2, 0.25) is 0 Å². The summed E-state index contributed by atoms with van der Waals surface area (Å²) in [4.78, 5) is 25.8. The van der Waals surface area contributed by atoms with Gasteiger partial charge in [-0.3, -0.25) is 4.79 Å². The molecular weight excluding hydrogens is 320 g/mol. The number of esters is 1. The van der Waals surface area contributed by atoms with Gasteiger partial charge < -0.3 is 19.4 Å². The van der Waals surface area contributed by atoms with Crippen LogP contribution in [0.5, 0.6) is 0 Å². The molecule has 1 aliphatic rings. The van der Waals surface area contributed by atoms with E-state index in [0.29, 0.717) is 32.5 Å². The Morgan fingerprint density at radius 3 is 2.88 bits per heavy atom. The van der Waals surface area contributed by atoms with Gasteiger partial charge in [-0.05, 0) is 24.5 Å². The molecule has 2 amide bonds. The number of nitrogens with one attached hydrogen (secondary N) is 1. The van der Waals surface area contributed by atoms with Crippen LogP contribution in [0, 0.1) is 11.8 Å². The van der Waals surface area contributed by atoms with Crippen molar-refractivity contribution >= 4 is 23.0 Å². The van der Waals surface area contributed by atoms with Gasteiger partial charge in [-0.2, -0.15) is 0 Å². The molecule has 0 spiro atoms. The first-order chi connectivity index (χ1) is 12.1. The van der Waals surface area contributed by atoms with Crippen molar-refractivity contribution in [3.05, 3.63) is 36.1 Å². The number of nitrogens with zero attached hydrogens (tertiary/aromatic N) is 1. The van der Waals surface area contributed by atoms with Crippen LogP contribution in [-0.2, 0) is 16.0 Å². The van der Waals surface area contributed by atoms with Gasteiger partial charge in [-0.25, -0.2) is 4.79 Å². The summed E-state index contributed by atoms with van der Waals surface area (Å²) in [7, 11) is 1.41. The first-order valence-corrected chi connectivity index (χ1v) is 8.66. The summed E-state index contributed by atoms with van der Waals surface area (Å²) in [6.07, 6.45) is 1.29. The fraction of sp³-hybridized carbons (Fsp3) is 0.474. The van der Waals surface area contributed by atoms with E-state index in [9.17, 15) is 9.59 Å². The zero-order chi connectivity index (χ0) is 17.8. The molecule has 0 radical (unpaired) electrons. The first-order valence-electron chi connectivity index (χ1n) is 8.66. The van der Waals surface area contributed by atoms with Gasteiger partial charge in [0.05, 0.1) is 13.0 Å². The normalized spacial score (nSPS) is 20.5. The van der Waals surface area contributed by atoms with Crippen LogP contribution in [-0.4, -0.2) is 43.6 Å². The molecule has 2 heterocycles. The molecule has 0 aliphatic carbocycles. The Kier molecular flexibility index (Phi) is 5.26. The average molecular weight is 344 g/mol. The number of rotatable bonds is 4. The number of methoxy groups -OCH3 is 1. The van der Waals surface area contributed by atoms with Crippen molar-refractivity contribution in [1.82, 2.24) is 10.2 Å². The molecule has 0 unspecified atom stereocenters. The fourth-order valence-corrected chi connectivity index (χ4v) is 3.40. The van der Waals surface area contributed by atoms with E-state index in [1.54, 1.807) is 4.90 Å². The molecule has 0 saturated carbocycles. The third-order valence-corrected chi connectivity index (χ3v) is 4.82. The number of hydrogen-bond donors (Lipinski definition) is 1. The number of amides is 2. The summed E-state index contributed by atoms with van der Waals surface area (Å²) in [5, 5.41) is 4.01. The van der Waals surface area contributed by atoms with Gasteiger partial charge in [0.1, 0.15) is 11.3 Å². The highest BCUT2D eigenvalue weighted by Gasteiger charge is 2.33. The first kappa shape index (κ1) is 17.3. The number of carbonyl (C=O) groups is 2. The number of furan rings is 1. The van der Waals surface area contributed by atoms with Crippen molar-refractivity contribution in [2.75, 3.05) is 26.7 Å². The maximum absolute atomic E-state index is 12.3. The van der Waals surface area contributed by atoms with Crippen molar-refractivity contribution in [1.29, 1.82) is 0 Å². The molecule has 1 N–H and O–H groups in total. The maximum Gasteiger partial charge on any atom is 0.317 e.